The fourth-order valence-electron chi connectivity index (χ4n) is 4.62. The second-order valence-electron chi connectivity index (χ2n) is 8.86. The van der Waals surface area contributed by atoms with Crippen molar-refractivity contribution in [2.75, 3.05) is 32.1 Å². The van der Waals surface area contributed by atoms with E-state index in [1.807, 2.05) is 13.8 Å². The Morgan fingerprint density at radius 2 is 1.88 bits per heavy atom. The Hall–Kier alpha value is -3.53. The number of nitrogens with two attached hydrogens (primary N) is 1. The number of methoxy groups -OCH3 is 1. The van der Waals surface area contributed by atoms with Crippen LogP contribution >= 0.6 is 0 Å². The highest BCUT2D eigenvalue weighted by atomic mass is 19.1. The van der Waals surface area contributed by atoms with Gasteiger partial charge in [0.05, 0.1) is 13.0 Å². The Kier molecular flexibility index (Phi) is 6.52. The van der Waals surface area contributed by atoms with Crippen LogP contribution in [-0.4, -0.2) is 71.2 Å². The van der Waals surface area contributed by atoms with Crippen LogP contribution in [0.1, 0.15) is 41.3 Å². The van der Waals surface area contributed by atoms with Crippen molar-refractivity contribution in [3.8, 4) is 5.88 Å². The summed E-state index contributed by atoms with van der Waals surface area (Å²) in [7, 11) is 1.43. The van der Waals surface area contributed by atoms with Crippen molar-refractivity contribution in [1.82, 2.24) is 14.8 Å². The smallest absolute Gasteiger partial charge is 0.285 e. The maximum atomic E-state index is 13.6. The van der Waals surface area contributed by atoms with E-state index >= 15 is 0 Å². The van der Waals surface area contributed by atoms with Crippen molar-refractivity contribution in [2.45, 2.75) is 38.4 Å². The average molecular weight is 470 g/mol. The Morgan fingerprint density at radius 1 is 1.18 bits per heavy atom. The number of hydrogen-bond acceptors (Lipinski definition) is 7. The number of ether oxygens (including phenoxy) is 1. The minimum atomic E-state index is -1.02. The molecular weight excluding hydrogens is 441 g/mol. The number of amides is 2. The molecule has 1 fully saturated rings. The summed E-state index contributed by atoms with van der Waals surface area (Å²) in [6, 6.07) is 7.96. The fraction of sp³-hybridized carbons (Fsp3) is 0.417. The Labute approximate surface area is 197 Å². The van der Waals surface area contributed by atoms with Crippen molar-refractivity contribution in [2.24, 2.45) is 5.73 Å². The van der Waals surface area contributed by atoms with Gasteiger partial charge in [-0.05, 0) is 37.6 Å². The Morgan fingerprint density at radius 3 is 2.53 bits per heavy atom. The number of Topliss-reactive ketones (excluding diaryl/α,β-unsaturated/α-hetero) is 1. The molecule has 0 spiro atoms. The number of ketones is 1. The van der Waals surface area contributed by atoms with Crippen LogP contribution in [0.5, 0.6) is 5.88 Å². The van der Waals surface area contributed by atoms with Crippen LogP contribution in [0.3, 0.4) is 0 Å². The molecule has 9 nitrogen and oxygen atoms in total. The SMILES string of the molecule is COc1nc2c(cc1C(=O)N1C[C@H](C)N(Cc3ccc(F)cc3)C[C@H]1C)C(C(=O)C(N)=O)CN2. The van der Waals surface area contributed by atoms with Crippen LogP contribution in [-0.2, 0) is 16.1 Å². The number of halogens is 1. The molecule has 4 rings (SSSR count). The van der Waals surface area contributed by atoms with Gasteiger partial charge in [-0.25, -0.2) is 4.39 Å². The van der Waals surface area contributed by atoms with Crippen molar-refractivity contribution >= 4 is 23.4 Å². The van der Waals surface area contributed by atoms with Gasteiger partial charge in [-0.15, -0.1) is 0 Å². The lowest BCUT2D eigenvalue weighted by molar-refractivity contribution is -0.136. The van der Waals surface area contributed by atoms with Crippen LogP contribution in [0.4, 0.5) is 10.2 Å². The summed E-state index contributed by atoms with van der Waals surface area (Å²) >= 11 is 0. The number of benzene rings is 1. The maximum absolute atomic E-state index is 13.6. The number of fused-ring (bicyclic) bond motifs is 1. The molecule has 2 aliphatic heterocycles. The van der Waals surface area contributed by atoms with E-state index in [2.05, 4.69) is 15.2 Å². The summed E-state index contributed by atoms with van der Waals surface area (Å²) < 4.78 is 18.6. The standard InChI is InChI=1S/C24H28FN5O4/c1-13-11-30(14(2)10-29(13)12-15-4-6-16(25)7-5-15)24(33)18-8-17-19(20(31)21(26)32)9-27-22(17)28-23(18)34-3/h4-8,13-14,19H,9-12H2,1-3H3,(H2,26,32)(H,27,28)/t13-,14+,19?/m0/s1. The lowest BCUT2D eigenvalue weighted by Crippen LogP contribution is -2.57. The highest BCUT2D eigenvalue weighted by Crippen LogP contribution is 2.35. The number of aromatic nitrogens is 1. The average Bonchev–Trinajstić information content (AvgIpc) is 3.23. The quantitative estimate of drug-likeness (QED) is 0.616. The third-order valence-corrected chi connectivity index (χ3v) is 6.52. The highest BCUT2D eigenvalue weighted by molar-refractivity contribution is 6.38. The number of rotatable bonds is 6. The first-order valence-corrected chi connectivity index (χ1v) is 11.2. The molecule has 34 heavy (non-hydrogen) atoms. The summed E-state index contributed by atoms with van der Waals surface area (Å²) in [5, 5.41) is 2.98. The number of primary amides is 1. The molecule has 2 amide bonds. The van der Waals surface area contributed by atoms with E-state index in [0.29, 0.717) is 31.0 Å². The van der Waals surface area contributed by atoms with E-state index in [0.717, 1.165) is 5.56 Å². The zero-order valence-corrected chi connectivity index (χ0v) is 19.4. The lowest BCUT2D eigenvalue weighted by Gasteiger charge is -2.44. The molecule has 2 aliphatic rings. The molecule has 1 saturated heterocycles. The van der Waals surface area contributed by atoms with E-state index in [4.69, 9.17) is 10.5 Å². The van der Waals surface area contributed by atoms with Crippen molar-refractivity contribution in [3.05, 3.63) is 52.8 Å². The molecule has 3 N–H and O–H groups in total. The monoisotopic (exact) mass is 469 g/mol. The Balaban J connectivity index is 1.56. The minimum Gasteiger partial charge on any atom is -0.480 e. The van der Waals surface area contributed by atoms with Crippen LogP contribution in [0.15, 0.2) is 30.3 Å². The molecule has 2 aromatic rings. The second-order valence-corrected chi connectivity index (χ2v) is 8.86. The van der Waals surface area contributed by atoms with Gasteiger partial charge >= 0.3 is 0 Å². The van der Waals surface area contributed by atoms with Crippen LogP contribution in [0.25, 0.3) is 0 Å². The first-order valence-electron chi connectivity index (χ1n) is 11.2. The number of carbonyl (C=O) groups excluding carboxylic acids is 3. The van der Waals surface area contributed by atoms with Crippen molar-refractivity contribution in [3.63, 3.8) is 0 Å². The maximum Gasteiger partial charge on any atom is 0.285 e. The molecular formula is C24H28FN5O4. The molecule has 180 valence electrons. The molecule has 1 aromatic heterocycles. The predicted molar refractivity (Wildman–Crippen MR) is 123 cm³/mol. The van der Waals surface area contributed by atoms with Gasteiger partial charge in [0, 0.05) is 43.8 Å². The molecule has 0 radical (unpaired) electrons. The van der Waals surface area contributed by atoms with Crippen LogP contribution in [0, 0.1) is 5.82 Å². The molecule has 10 heteroatoms. The lowest BCUT2D eigenvalue weighted by atomic mass is 9.96. The van der Waals surface area contributed by atoms with Crippen LogP contribution in [0.2, 0.25) is 0 Å². The Bertz CT molecular complexity index is 1120. The first-order chi connectivity index (χ1) is 16.2. The van der Waals surface area contributed by atoms with Gasteiger partial charge < -0.3 is 20.7 Å². The number of carbonyl (C=O) groups is 3. The summed E-state index contributed by atoms with van der Waals surface area (Å²) in [6.07, 6.45) is 0. The summed E-state index contributed by atoms with van der Waals surface area (Å²) in [6.45, 7) is 5.95. The molecule has 3 heterocycles. The molecule has 0 saturated carbocycles. The van der Waals surface area contributed by atoms with Gasteiger partial charge in [-0.1, -0.05) is 12.1 Å². The van der Waals surface area contributed by atoms with Gasteiger partial charge in [0.2, 0.25) is 11.7 Å². The largest absolute Gasteiger partial charge is 0.480 e. The topological polar surface area (TPSA) is 118 Å². The summed E-state index contributed by atoms with van der Waals surface area (Å²) in [5.74, 6) is -2.52. The van der Waals surface area contributed by atoms with E-state index in [1.165, 1.54) is 19.2 Å². The second kappa shape index (κ2) is 9.38. The fourth-order valence-corrected chi connectivity index (χ4v) is 4.62. The zero-order chi connectivity index (χ0) is 24.6. The number of hydrogen-bond donors (Lipinski definition) is 2. The van der Waals surface area contributed by atoms with E-state index in [9.17, 15) is 18.8 Å². The molecule has 3 atom stereocenters. The highest BCUT2D eigenvalue weighted by Gasteiger charge is 2.37. The van der Waals surface area contributed by atoms with Crippen molar-refractivity contribution < 1.29 is 23.5 Å². The first kappa shape index (κ1) is 23.6. The molecule has 0 bridgehead atoms. The molecule has 1 aromatic carbocycles. The number of nitrogens with one attached hydrogen (secondary N) is 1. The minimum absolute atomic E-state index is 0.0597. The molecule has 0 aliphatic carbocycles. The van der Waals surface area contributed by atoms with Crippen LogP contribution < -0.4 is 15.8 Å². The number of piperazine rings is 1. The van der Waals surface area contributed by atoms with E-state index in [-0.39, 0.29) is 41.8 Å². The van der Waals surface area contributed by atoms with Gasteiger partial charge in [0.25, 0.3) is 11.8 Å². The normalized spacial score (nSPS) is 22.1. The summed E-state index contributed by atoms with van der Waals surface area (Å²) in [5.41, 5.74) is 6.89. The number of nitrogens with zero attached hydrogens (tertiary/aromatic N) is 3. The third kappa shape index (κ3) is 4.45. The van der Waals surface area contributed by atoms with E-state index in [1.54, 1.807) is 23.1 Å². The van der Waals surface area contributed by atoms with Crippen molar-refractivity contribution in [1.29, 1.82) is 0 Å². The zero-order valence-electron chi connectivity index (χ0n) is 19.4. The van der Waals surface area contributed by atoms with Gasteiger partial charge in [0.15, 0.2) is 0 Å². The third-order valence-electron chi connectivity index (χ3n) is 6.52. The predicted octanol–water partition coefficient (Wildman–Crippen LogP) is 1.53. The van der Waals surface area contributed by atoms with Gasteiger partial charge in [-0.2, -0.15) is 4.98 Å². The van der Waals surface area contributed by atoms with E-state index < -0.39 is 17.6 Å². The van der Waals surface area contributed by atoms with Gasteiger partial charge in [0.1, 0.15) is 17.2 Å². The number of anilines is 1. The number of pyridine rings is 1. The molecule has 1 unspecified atom stereocenters. The summed E-state index contributed by atoms with van der Waals surface area (Å²) in [4.78, 5) is 45.7. The van der Waals surface area contributed by atoms with Gasteiger partial charge in [-0.3, -0.25) is 19.3 Å².